The van der Waals surface area contributed by atoms with Crippen molar-refractivity contribution in [1.29, 1.82) is 0 Å². The second-order valence-corrected chi connectivity index (χ2v) is 7.55. The quantitative estimate of drug-likeness (QED) is 0.679. The molecule has 0 radical (unpaired) electrons. The van der Waals surface area contributed by atoms with Gasteiger partial charge in [-0.25, -0.2) is 13.1 Å². The summed E-state index contributed by atoms with van der Waals surface area (Å²) >= 11 is 0. The van der Waals surface area contributed by atoms with Crippen LogP contribution in [0.25, 0.3) is 0 Å². The fourth-order valence-electron chi connectivity index (χ4n) is 2.56. The van der Waals surface area contributed by atoms with Gasteiger partial charge in [-0.1, -0.05) is 19.8 Å². The fourth-order valence-corrected chi connectivity index (χ4v) is 3.63. The monoisotopic (exact) mass is 307 g/mol. The van der Waals surface area contributed by atoms with E-state index in [0.717, 1.165) is 12.8 Å². The molecule has 0 saturated heterocycles. The number of aliphatic hydroxyl groups is 1. The topological polar surface area (TPSA) is 92.7 Å². The highest BCUT2D eigenvalue weighted by Gasteiger charge is 2.33. The molecule has 0 aromatic rings. The van der Waals surface area contributed by atoms with Gasteiger partial charge in [0, 0.05) is 6.54 Å². The second-order valence-electron chi connectivity index (χ2n) is 5.62. The number of hydrogen-bond acceptors (Lipinski definition) is 5. The standard InChI is InChI=1S/C13H25NO5S/c1-3-19-12(15)6-8-20(17,18)14-10-13(16)7-4-5-11(2)9-13/h11,14,16H,3-10H2,1-2H3. The van der Waals surface area contributed by atoms with Gasteiger partial charge in [-0.3, -0.25) is 4.79 Å². The SMILES string of the molecule is CCOC(=O)CCS(=O)(=O)NCC1(O)CCCC(C)C1. The molecular formula is C13H25NO5S. The molecule has 6 nitrogen and oxygen atoms in total. The fraction of sp³-hybridized carbons (Fsp3) is 0.923. The molecule has 0 aromatic carbocycles. The first-order valence-corrected chi connectivity index (χ1v) is 8.77. The first-order valence-electron chi connectivity index (χ1n) is 7.12. The molecule has 118 valence electrons. The number of carbonyl (C=O) groups excluding carboxylic acids is 1. The van der Waals surface area contributed by atoms with Crippen LogP contribution >= 0.6 is 0 Å². The van der Waals surface area contributed by atoms with Crippen LogP contribution in [0, 0.1) is 5.92 Å². The van der Waals surface area contributed by atoms with E-state index in [0.29, 0.717) is 18.8 Å². The zero-order chi connectivity index (χ0) is 15.2. The lowest BCUT2D eigenvalue weighted by Gasteiger charge is -2.35. The van der Waals surface area contributed by atoms with Crippen molar-refractivity contribution in [2.24, 2.45) is 5.92 Å². The van der Waals surface area contributed by atoms with Crippen LogP contribution in [0.3, 0.4) is 0 Å². The first-order chi connectivity index (χ1) is 9.26. The zero-order valence-corrected chi connectivity index (χ0v) is 13.0. The largest absolute Gasteiger partial charge is 0.466 e. The van der Waals surface area contributed by atoms with Crippen molar-refractivity contribution in [1.82, 2.24) is 4.72 Å². The Balaban J connectivity index is 2.40. The summed E-state index contributed by atoms with van der Waals surface area (Å²) in [5, 5.41) is 10.3. The van der Waals surface area contributed by atoms with Gasteiger partial charge in [0.1, 0.15) is 0 Å². The van der Waals surface area contributed by atoms with E-state index in [1.807, 2.05) is 0 Å². The number of sulfonamides is 1. The number of rotatable bonds is 7. The highest BCUT2D eigenvalue weighted by molar-refractivity contribution is 7.89. The maximum Gasteiger partial charge on any atom is 0.306 e. The number of hydrogen-bond donors (Lipinski definition) is 2. The van der Waals surface area contributed by atoms with Gasteiger partial charge in [-0.15, -0.1) is 0 Å². The third-order valence-corrected chi connectivity index (χ3v) is 4.89. The summed E-state index contributed by atoms with van der Waals surface area (Å²) in [6.07, 6.45) is 3.02. The Morgan fingerprint density at radius 2 is 2.20 bits per heavy atom. The molecule has 7 heteroatoms. The van der Waals surface area contributed by atoms with Crippen molar-refractivity contribution in [2.75, 3.05) is 18.9 Å². The van der Waals surface area contributed by atoms with E-state index in [9.17, 15) is 18.3 Å². The Morgan fingerprint density at radius 3 is 2.80 bits per heavy atom. The van der Waals surface area contributed by atoms with Gasteiger partial charge in [0.25, 0.3) is 0 Å². The van der Waals surface area contributed by atoms with Gasteiger partial charge in [0.05, 0.1) is 24.4 Å². The summed E-state index contributed by atoms with van der Waals surface area (Å²) in [4.78, 5) is 11.1. The molecule has 1 saturated carbocycles. The van der Waals surface area contributed by atoms with Crippen molar-refractivity contribution in [3.8, 4) is 0 Å². The van der Waals surface area contributed by atoms with Crippen LogP contribution in [0.1, 0.15) is 46.0 Å². The van der Waals surface area contributed by atoms with E-state index in [4.69, 9.17) is 0 Å². The normalized spacial score (nSPS) is 27.2. The van der Waals surface area contributed by atoms with Crippen LogP contribution in [0.15, 0.2) is 0 Å². The molecule has 0 heterocycles. The zero-order valence-electron chi connectivity index (χ0n) is 12.2. The Hall–Kier alpha value is -0.660. The van der Waals surface area contributed by atoms with E-state index in [1.54, 1.807) is 6.92 Å². The number of esters is 1. The number of nitrogens with one attached hydrogen (secondary N) is 1. The van der Waals surface area contributed by atoms with E-state index >= 15 is 0 Å². The number of carbonyl (C=O) groups is 1. The maximum atomic E-state index is 11.8. The van der Waals surface area contributed by atoms with E-state index in [1.165, 1.54) is 0 Å². The molecule has 1 aliphatic rings. The summed E-state index contributed by atoms with van der Waals surface area (Å²) < 4.78 is 30.6. The average Bonchev–Trinajstić information content (AvgIpc) is 2.35. The van der Waals surface area contributed by atoms with Gasteiger partial charge in [0.15, 0.2) is 0 Å². The summed E-state index contributed by atoms with van der Waals surface area (Å²) in [5.74, 6) is -0.432. The van der Waals surface area contributed by atoms with Gasteiger partial charge in [0.2, 0.25) is 10.0 Å². The summed E-state index contributed by atoms with van der Waals surface area (Å²) in [6, 6.07) is 0. The molecular weight excluding hydrogens is 282 g/mol. The van der Waals surface area contributed by atoms with Crippen molar-refractivity contribution >= 4 is 16.0 Å². The lowest BCUT2D eigenvalue weighted by molar-refractivity contribution is -0.142. The van der Waals surface area contributed by atoms with Crippen LogP contribution in [-0.2, 0) is 19.6 Å². The molecule has 1 aliphatic carbocycles. The van der Waals surface area contributed by atoms with Crippen LogP contribution in [0.4, 0.5) is 0 Å². The molecule has 2 atom stereocenters. The molecule has 1 rings (SSSR count). The van der Waals surface area contributed by atoms with Crippen molar-refractivity contribution < 1.29 is 23.1 Å². The first kappa shape index (κ1) is 17.4. The van der Waals surface area contributed by atoms with Gasteiger partial charge >= 0.3 is 5.97 Å². The van der Waals surface area contributed by atoms with Crippen LogP contribution < -0.4 is 4.72 Å². The Bertz CT molecular complexity index is 422. The van der Waals surface area contributed by atoms with E-state index in [-0.39, 0.29) is 25.3 Å². The minimum Gasteiger partial charge on any atom is -0.466 e. The van der Waals surface area contributed by atoms with E-state index < -0.39 is 21.6 Å². The maximum absolute atomic E-state index is 11.8. The third kappa shape index (κ3) is 6.19. The molecule has 2 N–H and O–H groups in total. The molecule has 20 heavy (non-hydrogen) atoms. The molecule has 0 amide bonds. The summed E-state index contributed by atoms with van der Waals surface area (Å²) in [5.41, 5.74) is -0.964. The number of ether oxygens (including phenoxy) is 1. The Labute approximate surface area is 120 Å². The molecule has 0 aliphatic heterocycles. The lowest BCUT2D eigenvalue weighted by Crippen LogP contribution is -2.46. The predicted molar refractivity (Wildman–Crippen MR) is 75.6 cm³/mol. The Morgan fingerprint density at radius 1 is 1.50 bits per heavy atom. The van der Waals surface area contributed by atoms with Gasteiger partial charge < -0.3 is 9.84 Å². The molecule has 0 bridgehead atoms. The molecule has 2 unspecified atom stereocenters. The summed E-state index contributed by atoms with van der Waals surface area (Å²) in [6.45, 7) is 3.98. The average molecular weight is 307 g/mol. The van der Waals surface area contributed by atoms with Crippen LogP contribution in [0.5, 0.6) is 0 Å². The van der Waals surface area contributed by atoms with Gasteiger partial charge in [-0.2, -0.15) is 0 Å². The minimum absolute atomic E-state index is 0.0164. The highest BCUT2D eigenvalue weighted by atomic mass is 32.2. The van der Waals surface area contributed by atoms with Crippen LogP contribution in [0.2, 0.25) is 0 Å². The smallest absolute Gasteiger partial charge is 0.306 e. The van der Waals surface area contributed by atoms with Crippen molar-refractivity contribution in [2.45, 2.75) is 51.6 Å². The Kier molecular flexibility index (Phi) is 6.42. The highest BCUT2D eigenvalue weighted by Crippen LogP contribution is 2.31. The third-order valence-electron chi connectivity index (χ3n) is 3.57. The van der Waals surface area contributed by atoms with Crippen LogP contribution in [-0.4, -0.2) is 44.0 Å². The van der Waals surface area contributed by atoms with Crippen molar-refractivity contribution in [3.63, 3.8) is 0 Å². The minimum atomic E-state index is -3.56. The lowest BCUT2D eigenvalue weighted by atomic mass is 9.79. The van der Waals surface area contributed by atoms with Gasteiger partial charge in [-0.05, 0) is 25.7 Å². The predicted octanol–water partition coefficient (Wildman–Crippen LogP) is 0.800. The summed E-state index contributed by atoms with van der Waals surface area (Å²) in [7, 11) is -3.56. The van der Waals surface area contributed by atoms with E-state index in [2.05, 4.69) is 16.4 Å². The molecule has 1 fully saturated rings. The van der Waals surface area contributed by atoms with Crippen molar-refractivity contribution in [3.05, 3.63) is 0 Å². The molecule has 0 spiro atoms. The molecule has 0 aromatic heterocycles. The second kappa shape index (κ2) is 7.38.